The number of aliphatic imine (C=N–C) groups is 1. The number of nitrogens with zero attached hydrogens (tertiary/aromatic N) is 3. The highest BCUT2D eigenvalue weighted by molar-refractivity contribution is 7.20. The number of aromatic nitrogens is 1. The van der Waals surface area contributed by atoms with Gasteiger partial charge in [-0.15, -0.1) is 11.3 Å². The highest BCUT2D eigenvalue weighted by atomic mass is 32.1. The van der Waals surface area contributed by atoms with Gasteiger partial charge in [0, 0.05) is 48.9 Å². The van der Waals surface area contributed by atoms with Crippen molar-refractivity contribution in [3.05, 3.63) is 64.8 Å². The molecule has 4 heterocycles. The number of aryl methyl sites for hydroxylation is 1. The third-order valence-corrected chi connectivity index (χ3v) is 9.04. The Morgan fingerprint density at radius 1 is 1.04 bits per heavy atom. The molecule has 1 saturated heterocycles. The highest BCUT2D eigenvalue weighted by Gasteiger charge is 2.32. The molecule has 0 aliphatic carbocycles. The molecule has 2 aliphatic heterocycles. The number of hydrogen-bond acceptors (Lipinski definition) is 9. The maximum Gasteiger partial charge on any atom is 0.348 e. The number of anilines is 2. The number of thiophene rings is 1. The molecule has 1 atom stereocenters. The first-order valence-electron chi connectivity index (χ1n) is 14.8. The van der Waals surface area contributed by atoms with Crippen molar-refractivity contribution in [3.63, 3.8) is 0 Å². The molecular formula is C33H33N5O7S. The Hall–Kier alpha value is -5.17. The maximum atomic E-state index is 13.1. The van der Waals surface area contributed by atoms with E-state index >= 15 is 0 Å². The number of carbonyl (C=O) groups is 4. The van der Waals surface area contributed by atoms with Gasteiger partial charge in [0.1, 0.15) is 10.6 Å². The smallest absolute Gasteiger partial charge is 0.348 e. The van der Waals surface area contributed by atoms with Crippen LogP contribution in [0.2, 0.25) is 0 Å². The topological polar surface area (TPSA) is 141 Å². The van der Waals surface area contributed by atoms with Gasteiger partial charge in [0.05, 0.1) is 43.8 Å². The van der Waals surface area contributed by atoms with E-state index in [1.54, 1.807) is 54.2 Å². The quantitative estimate of drug-likeness (QED) is 0.174. The Labute approximate surface area is 268 Å². The minimum atomic E-state index is -0.406. The standard InChI is InChI=1S/C33H33N5O7S/c1-37-18-21(14-25(37)31(40)36-20-8-9-28-19(12-20)13-29(46-28)33(42)44-3)35-30(39)7-5-11-45-27-16-24-23(15-26(27)43-2)32(41)38-10-4-6-22(38)17-34-24/h8-9,12-18,22H,4-7,10-11H2,1-3H3,(H,35,39)(H,36,40). The Bertz CT molecular complexity index is 1880. The Morgan fingerprint density at radius 2 is 1.89 bits per heavy atom. The summed E-state index contributed by atoms with van der Waals surface area (Å²) < 4.78 is 18.8. The van der Waals surface area contributed by atoms with Crippen molar-refractivity contribution in [1.29, 1.82) is 0 Å². The predicted molar refractivity (Wildman–Crippen MR) is 175 cm³/mol. The summed E-state index contributed by atoms with van der Waals surface area (Å²) in [6.45, 7) is 0.954. The number of hydrogen-bond donors (Lipinski definition) is 2. The van der Waals surface area contributed by atoms with E-state index in [1.807, 2.05) is 17.2 Å². The van der Waals surface area contributed by atoms with E-state index in [2.05, 4.69) is 15.6 Å². The largest absolute Gasteiger partial charge is 0.493 e. The van der Waals surface area contributed by atoms with Crippen LogP contribution in [0.5, 0.6) is 11.5 Å². The second-order valence-electron chi connectivity index (χ2n) is 11.0. The molecule has 1 unspecified atom stereocenters. The Balaban J connectivity index is 1.02. The molecule has 2 aromatic carbocycles. The first-order valence-corrected chi connectivity index (χ1v) is 15.6. The minimum Gasteiger partial charge on any atom is -0.493 e. The van der Waals surface area contributed by atoms with Gasteiger partial charge >= 0.3 is 5.97 Å². The molecule has 46 heavy (non-hydrogen) atoms. The third-order valence-electron chi connectivity index (χ3n) is 7.95. The molecule has 2 aromatic heterocycles. The summed E-state index contributed by atoms with van der Waals surface area (Å²) >= 11 is 1.32. The monoisotopic (exact) mass is 643 g/mol. The molecule has 6 rings (SSSR count). The summed E-state index contributed by atoms with van der Waals surface area (Å²) in [5.41, 5.74) is 2.44. The van der Waals surface area contributed by atoms with Crippen molar-refractivity contribution >= 4 is 68.4 Å². The van der Waals surface area contributed by atoms with Gasteiger partial charge in [-0.1, -0.05) is 0 Å². The fourth-order valence-corrected chi connectivity index (χ4v) is 6.60. The summed E-state index contributed by atoms with van der Waals surface area (Å²) in [6, 6.07) is 12.1. The van der Waals surface area contributed by atoms with Crippen molar-refractivity contribution in [2.45, 2.75) is 31.7 Å². The van der Waals surface area contributed by atoms with Crippen LogP contribution in [0.3, 0.4) is 0 Å². The summed E-state index contributed by atoms with van der Waals surface area (Å²) in [4.78, 5) is 57.5. The van der Waals surface area contributed by atoms with Gasteiger partial charge in [-0.3, -0.25) is 19.4 Å². The van der Waals surface area contributed by atoms with Crippen molar-refractivity contribution in [3.8, 4) is 11.5 Å². The molecule has 0 saturated carbocycles. The average Bonchev–Trinajstić information content (AvgIpc) is 3.77. The maximum absolute atomic E-state index is 13.1. The van der Waals surface area contributed by atoms with Gasteiger partial charge in [0.15, 0.2) is 11.5 Å². The van der Waals surface area contributed by atoms with Crippen molar-refractivity contribution in [2.75, 3.05) is 38.0 Å². The lowest BCUT2D eigenvalue weighted by Gasteiger charge is -2.20. The molecule has 238 valence electrons. The van der Waals surface area contributed by atoms with Gasteiger partial charge in [-0.2, -0.15) is 0 Å². The second kappa shape index (κ2) is 13.1. The normalized spacial score (nSPS) is 15.2. The SMILES string of the molecule is COC(=O)c1cc2cc(NC(=O)c3cc(NC(=O)CCCOc4cc5c(cc4OC)C(=O)N4CCCC4C=N5)cn3C)ccc2s1. The zero-order valence-corrected chi connectivity index (χ0v) is 26.4. The number of amides is 3. The molecule has 13 heteroatoms. The van der Waals surface area contributed by atoms with E-state index in [1.165, 1.54) is 25.6 Å². The number of esters is 1. The number of methoxy groups -OCH3 is 2. The summed E-state index contributed by atoms with van der Waals surface area (Å²) in [6.07, 6.45) is 5.96. The number of fused-ring (bicyclic) bond motifs is 3. The van der Waals surface area contributed by atoms with Gasteiger partial charge in [-0.25, -0.2) is 4.79 Å². The summed E-state index contributed by atoms with van der Waals surface area (Å²) in [5.74, 6) is -0.157. The zero-order chi connectivity index (χ0) is 32.4. The average molecular weight is 644 g/mol. The summed E-state index contributed by atoms with van der Waals surface area (Å²) in [5, 5.41) is 6.52. The van der Waals surface area contributed by atoms with E-state index in [4.69, 9.17) is 14.2 Å². The molecule has 2 N–H and O–H groups in total. The van der Waals surface area contributed by atoms with Crippen LogP contribution < -0.4 is 20.1 Å². The van der Waals surface area contributed by atoms with Crippen molar-refractivity contribution in [1.82, 2.24) is 9.47 Å². The number of rotatable bonds is 10. The fraction of sp³-hybridized carbons (Fsp3) is 0.303. The molecule has 4 aromatic rings. The lowest BCUT2D eigenvalue weighted by Crippen LogP contribution is -2.35. The van der Waals surface area contributed by atoms with Crippen LogP contribution in [0.1, 0.15) is 56.2 Å². The van der Waals surface area contributed by atoms with E-state index < -0.39 is 5.97 Å². The first kappa shape index (κ1) is 30.8. The summed E-state index contributed by atoms with van der Waals surface area (Å²) in [7, 11) is 4.57. The molecule has 0 bridgehead atoms. The van der Waals surface area contributed by atoms with E-state index in [-0.39, 0.29) is 36.8 Å². The zero-order valence-electron chi connectivity index (χ0n) is 25.6. The van der Waals surface area contributed by atoms with Gasteiger partial charge < -0.3 is 34.3 Å². The van der Waals surface area contributed by atoms with Crippen molar-refractivity contribution < 1.29 is 33.4 Å². The van der Waals surface area contributed by atoms with Crippen LogP contribution in [0.25, 0.3) is 10.1 Å². The molecule has 1 fully saturated rings. The Morgan fingerprint density at radius 3 is 2.70 bits per heavy atom. The van der Waals surface area contributed by atoms with Gasteiger partial charge in [-0.05, 0) is 61.0 Å². The van der Waals surface area contributed by atoms with Crippen LogP contribution in [0.15, 0.2) is 53.7 Å². The van der Waals surface area contributed by atoms with Gasteiger partial charge in [0.2, 0.25) is 5.91 Å². The molecule has 0 spiro atoms. The second-order valence-corrected chi connectivity index (χ2v) is 12.1. The minimum absolute atomic E-state index is 0.00872. The molecule has 3 amide bonds. The lowest BCUT2D eigenvalue weighted by atomic mass is 10.1. The molecule has 0 radical (unpaired) electrons. The number of nitrogens with one attached hydrogen (secondary N) is 2. The van der Waals surface area contributed by atoms with E-state index in [0.29, 0.717) is 57.7 Å². The van der Waals surface area contributed by atoms with Crippen LogP contribution in [0.4, 0.5) is 17.1 Å². The molecule has 12 nitrogen and oxygen atoms in total. The predicted octanol–water partition coefficient (Wildman–Crippen LogP) is 5.41. The first-order chi connectivity index (χ1) is 22.2. The Kier molecular flexibility index (Phi) is 8.75. The molecule has 2 aliphatic rings. The van der Waals surface area contributed by atoms with Crippen LogP contribution in [0, 0.1) is 0 Å². The number of benzene rings is 2. The van der Waals surface area contributed by atoms with Crippen LogP contribution >= 0.6 is 11.3 Å². The third kappa shape index (κ3) is 6.31. The highest BCUT2D eigenvalue weighted by Crippen LogP contribution is 2.38. The number of ether oxygens (including phenoxy) is 3. The lowest BCUT2D eigenvalue weighted by molar-refractivity contribution is -0.116. The van der Waals surface area contributed by atoms with Crippen LogP contribution in [-0.2, 0) is 16.6 Å². The van der Waals surface area contributed by atoms with Crippen molar-refractivity contribution in [2.24, 2.45) is 12.0 Å². The van der Waals surface area contributed by atoms with E-state index in [0.717, 1.165) is 22.9 Å². The fourth-order valence-electron chi connectivity index (χ4n) is 5.63. The van der Waals surface area contributed by atoms with Gasteiger partial charge in [0.25, 0.3) is 11.8 Å². The molecular weight excluding hydrogens is 610 g/mol. The van der Waals surface area contributed by atoms with E-state index in [9.17, 15) is 19.2 Å². The number of carbonyl (C=O) groups excluding carboxylic acids is 4. The van der Waals surface area contributed by atoms with Crippen LogP contribution in [-0.4, -0.2) is 72.8 Å².